The lowest BCUT2D eigenvalue weighted by molar-refractivity contribution is -0.141. The fourth-order valence-corrected chi connectivity index (χ4v) is 4.03. The van der Waals surface area contributed by atoms with Gasteiger partial charge in [-0.25, -0.2) is 0 Å². The van der Waals surface area contributed by atoms with E-state index in [0.717, 1.165) is 12.8 Å². The highest BCUT2D eigenvalue weighted by molar-refractivity contribution is 5.97. The second kappa shape index (κ2) is 9.37. The Hall–Kier alpha value is -3.15. The Kier molecular flexibility index (Phi) is 6.65. The zero-order valence-electron chi connectivity index (χ0n) is 16.5. The summed E-state index contributed by atoms with van der Waals surface area (Å²) in [5.74, 6) is -0.870. The minimum absolute atomic E-state index is 0.0209. The van der Waals surface area contributed by atoms with Gasteiger partial charge in [-0.05, 0) is 43.4 Å². The molecule has 152 valence electrons. The number of likely N-dealkylation sites (tertiary alicyclic amines) is 1. The first kappa shape index (κ1) is 20.6. The standard InChI is InChI=1S/C23H27N3O3/c24-20(27)16-23(13-7-10-18-8-3-1-4-9-18)14-15-26(22(23)29)17-21(28)25-19-11-5-2-6-12-19/h1-6,8-9,11-12H,7,10,13-17H2,(H2,24,27)(H,25,28). The number of nitrogens with zero attached hydrogens (tertiary/aromatic N) is 1. The molecule has 2 aromatic carbocycles. The SMILES string of the molecule is NC(=O)CC1(CCCc2ccccc2)CCN(CC(=O)Nc2ccccc2)C1=O. The number of amides is 3. The maximum Gasteiger partial charge on any atom is 0.243 e. The minimum atomic E-state index is -0.798. The molecule has 1 heterocycles. The third-order valence-electron chi connectivity index (χ3n) is 5.47. The van der Waals surface area contributed by atoms with Gasteiger partial charge in [-0.1, -0.05) is 48.5 Å². The number of aryl methyl sites for hydroxylation is 1. The lowest BCUT2D eigenvalue weighted by Crippen LogP contribution is -2.40. The Morgan fingerprint density at radius 3 is 2.34 bits per heavy atom. The quantitative estimate of drug-likeness (QED) is 0.686. The molecule has 3 rings (SSSR count). The van der Waals surface area contributed by atoms with Crippen LogP contribution in [0.3, 0.4) is 0 Å². The summed E-state index contributed by atoms with van der Waals surface area (Å²) in [7, 11) is 0. The molecule has 1 saturated heterocycles. The summed E-state index contributed by atoms with van der Waals surface area (Å²) in [6, 6.07) is 19.2. The molecule has 0 aliphatic carbocycles. The van der Waals surface area contributed by atoms with Gasteiger partial charge in [-0.15, -0.1) is 0 Å². The van der Waals surface area contributed by atoms with Gasteiger partial charge in [0.05, 0.1) is 12.0 Å². The van der Waals surface area contributed by atoms with Crippen molar-refractivity contribution in [1.82, 2.24) is 4.90 Å². The van der Waals surface area contributed by atoms with Gasteiger partial charge in [-0.3, -0.25) is 14.4 Å². The van der Waals surface area contributed by atoms with Crippen LogP contribution >= 0.6 is 0 Å². The summed E-state index contributed by atoms with van der Waals surface area (Å²) < 4.78 is 0. The molecule has 3 amide bonds. The van der Waals surface area contributed by atoms with Gasteiger partial charge < -0.3 is 16.0 Å². The molecule has 0 spiro atoms. The molecule has 6 heteroatoms. The Labute approximate surface area is 171 Å². The van der Waals surface area contributed by atoms with E-state index in [0.29, 0.717) is 25.1 Å². The van der Waals surface area contributed by atoms with Crippen molar-refractivity contribution >= 4 is 23.4 Å². The number of anilines is 1. The monoisotopic (exact) mass is 393 g/mol. The number of nitrogens with two attached hydrogens (primary N) is 1. The van der Waals surface area contributed by atoms with E-state index in [1.54, 1.807) is 17.0 Å². The van der Waals surface area contributed by atoms with Crippen molar-refractivity contribution in [2.24, 2.45) is 11.1 Å². The van der Waals surface area contributed by atoms with Gasteiger partial charge in [0.25, 0.3) is 0 Å². The fraction of sp³-hybridized carbons (Fsp3) is 0.348. The van der Waals surface area contributed by atoms with Crippen molar-refractivity contribution in [1.29, 1.82) is 0 Å². The third kappa shape index (κ3) is 5.44. The van der Waals surface area contributed by atoms with Crippen LogP contribution < -0.4 is 11.1 Å². The first-order valence-electron chi connectivity index (χ1n) is 9.95. The molecule has 6 nitrogen and oxygen atoms in total. The summed E-state index contributed by atoms with van der Waals surface area (Å²) in [5, 5.41) is 2.80. The van der Waals surface area contributed by atoms with E-state index in [9.17, 15) is 14.4 Å². The van der Waals surface area contributed by atoms with Gasteiger partial charge in [-0.2, -0.15) is 0 Å². The van der Waals surface area contributed by atoms with Gasteiger partial charge in [0.15, 0.2) is 0 Å². The first-order chi connectivity index (χ1) is 14.0. The van der Waals surface area contributed by atoms with Crippen LogP contribution in [0.4, 0.5) is 5.69 Å². The molecule has 0 aromatic heterocycles. The van der Waals surface area contributed by atoms with E-state index < -0.39 is 11.3 Å². The molecule has 0 saturated carbocycles. The van der Waals surface area contributed by atoms with Crippen molar-refractivity contribution in [2.75, 3.05) is 18.4 Å². The Balaban J connectivity index is 1.61. The van der Waals surface area contributed by atoms with Crippen LogP contribution in [0.2, 0.25) is 0 Å². The zero-order chi connectivity index (χ0) is 20.7. The highest BCUT2D eigenvalue weighted by Gasteiger charge is 2.47. The number of carbonyl (C=O) groups excluding carboxylic acids is 3. The van der Waals surface area contributed by atoms with Gasteiger partial charge >= 0.3 is 0 Å². The molecular formula is C23H27N3O3. The van der Waals surface area contributed by atoms with Gasteiger partial charge in [0, 0.05) is 18.7 Å². The molecular weight excluding hydrogens is 366 g/mol. The highest BCUT2D eigenvalue weighted by atomic mass is 16.2. The lowest BCUT2D eigenvalue weighted by atomic mass is 9.77. The molecule has 0 bridgehead atoms. The maximum atomic E-state index is 13.1. The maximum absolute atomic E-state index is 13.1. The lowest BCUT2D eigenvalue weighted by Gasteiger charge is -2.26. The predicted octanol–water partition coefficient (Wildman–Crippen LogP) is 2.74. The number of primary amides is 1. The zero-order valence-corrected chi connectivity index (χ0v) is 16.5. The molecule has 29 heavy (non-hydrogen) atoms. The third-order valence-corrected chi connectivity index (χ3v) is 5.47. The number of hydrogen-bond acceptors (Lipinski definition) is 3. The van der Waals surface area contributed by atoms with Crippen molar-refractivity contribution in [3.8, 4) is 0 Å². The van der Waals surface area contributed by atoms with E-state index in [4.69, 9.17) is 5.73 Å². The van der Waals surface area contributed by atoms with Crippen LogP contribution in [0.15, 0.2) is 60.7 Å². The average molecular weight is 393 g/mol. The fourth-order valence-electron chi connectivity index (χ4n) is 4.03. The number of hydrogen-bond donors (Lipinski definition) is 2. The second-order valence-corrected chi connectivity index (χ2v) is 7.65. The summed E-state index contributed by atoms with van der Waals surface area (Å²) in [6.45, 7) is 0.437. The number of carbonyl (C=O) groups is 3. The molecule has 2 aromatic rings. The molecule has 1 atom stereocenters. The van der Waals surface area contributed by atoms with Crippen molar-refractivity contribution in [3.05, 3.63) is 66.2 Å². The smallest absolute Gasteiger partial charge is 0.243 e. The Morgan fingerprint density at radius 1 is 1.03 bits per heavy atom. The van der Waals surface area contributed by atoms with E-state index in [1.165, 1.54) is 5.56 Å². The predicted molar refractivity (Wildman–Crippen MR) is 112 cm³/mol. The second-order valence-electron chi connectivity index (χ2n) is 7.65. The van der Waals surface area contributed by atoms with Crippen molar-refractivity contribution in [3.63, 3.8) is 0 Å². The number of rotatable bonds is 9. The van der Waals surface area contributed by atoms with Crippen LogP contribution in [-0.4, -0.2) is 35.7 Å². The van der Waals surface area contributed by atoms with Gasteiger partial charge in [0.1, 0.15) is 0 Å². The molecule has 3 N–H and O–H groups in total. The normalized spacial score (nSPS) is 18.6. The summed E-state index contributed by atoms with van der Waals surface area (Å²) >= 11 is 0. The average Bonchev–Trinajstić information content (AvgIpc) is 2.99. The molecule has 1 aliphatic rings. The number of benzene rings is 2. The Morgan fingerprint density at radius 2 is 1.69 bits per heavy atom. The van der Waals surface area contributed by atoms with E-state index in [2.05, 4.69) is 17.4 Å². The summed E-state index contributed by atoms with van der Waals surface area (Å²) in [5.41, 5.74) is 6.55. The molecule has 0 radical (unpaired) electrons. The van der Waals surface area contributed by atoms with E-state index >= 15 is 0 Å². The van der Waals surface area contributed by atoms with E-state index in [-0.39, 0.29) is 24.8 Å². The van der Waals surface area contributed by atoms with E-state index in [1.807, 2.05) is 36.4 Å². The Bertz CT molecular complexity index is 854. The topological polar surface area (TPSA) is 92.5 Å². The number of para-hydroxylation sites is 1. The van der Waals surface area contributed by atoms with Crippen LogP contribution in [0.25, 0.3) is 0 Å². The largest absolute Gasteiger partial charge is 0.370 e. The first-order valence-corrected chi connectivity index (χ1v) is 9.95. The van der Waals surface area contributed by atoms with Gasteiger partial charge in [0.2, 0.25) is 17.7 Å². The molecule has 1 aliphatic heterocycles. The van der Waals surface area contributed by atoms with Crippen molar-refractivity contribution in [2.45, 2.75) is 32.1 Å². The molecule has 1 fully saturated rings. The van der Waals surface area contributed by atoms with Crippen molar-refractivity contribution < 1.29 is 14.4 Å². The summed E-state index contributed by atoms with van der Waals surface area (Å²) in [4.78, 5) is 38.7. The minimum Gasteiger partial charge on any atom is -0.370 e. The highest BCUT2D eigenvalue weighted by Crippen LogP contribution is 2.40. The van der Waals surface area contributed by atoms with Crippen LogP contribution in [-0.2, 0) is 20.8 Å². The van der Waals surface area contributed by atoms with Crippen LogP contribution in [0, 0.1) is 5.41 Å². The summed E-state index contributed by atoms with van der Waals surface area (Å²) in [6.07, 6.45) is 2.77. The number of nitrogens with one attached hydrogen (secondary N) is 1. The molecule has 1 unspecified atom stereocenters. The van der Waals surface area contributed by atoms with Crippen LogP contribution in [0.5, 0.6) is 0 Å². The van der Waals surface area contributed by atoms with Crippen LogP contribution in [0.1, 0.15) is 31.2 Å².